The molecule has 3 fully saturated rings. The summed E-state index contributed by atoms with van der Waals surface area (Å²) in [7, 11) is 2.15. The fourth-order valence-corrected chi connectivity index (χ4v) is 5.20. The lowest BCUT2D eigenvalue weighted by atomic mass is 9.73. The molecule has 3 saturated heterocycles. The Morgan fingerprint density at radius 3 is 2.93 bits per heavy atom. The Hall–Kier alpha value is -1.79. The maximum atomic E-state index is 12.7. The second kappa shape index (κ2) is 6.38. The molecule has 4 heterocycles. The molecule has 0 bridgehead atoms. The van der Waals surface area contributed by atoms with Gasteiger partial charge in [-0.1, -0.05) is 11.6 Å². The number of aromatic nitrogens is 1. The molecule has 0 saturated carbocycles. The second-order valence-electron chi connectivity index (χ2n) is 8.69. The number of halogens is 1. The third-order valence-electron chi connectivity index (χ3n) is 6.21. The number of hydrogen-bond acceptors (Lipinski definition) is 5. The standard InChI is InChI=1S/C20H25ClN4O2/c1-23-10-20(11-23)12-25(13-20)18(26)7-14-3-2-6-24(9-14)19-22-16-5-4-15(21)8-17(16)27-19/h4-5,8,14H,2-3,6-7,9-13H2,1H3. The first-order valence-electron chi connectivity index (χ1n) is 9.77. The quantitative estimate of drug-likeness (QED) is 0.809. The molecule has 3 aliphatic heterocycles. The highest BCUT2D eigenvalue weighted by Crippen LogP contribution is 2.39. The van der Waals surface area contributed by atoms with Gasteiger partial charge in [0.2, 0.25) is 5.91 Å². The molecule has 1 aromatic carbocycles. The van der Waals surface area contributed by atoms with Crippen LogP contribution in [-0.2, 0) is 4.79 Å². The van der Waals surface area contributed by atoms with Crippen molar-refractivity contribution < 1.29 is 9.21 Å². The largest absolute Gasteiger partial charge is 0.423 e. The van der Waals surface area contributed by atoms with E-state index in [0.29, 0.717) is 40.3 Å². The highest BCUT2D eigenvalue weighted by Gasteiger charge is 2.51. The van der Waals surface area contributed by atoms with Gasteiger partial charge >= 0.3 is 0 Å². The summed E-state index contributed by atoms with van der Waals surface area (Å²) in [5, 5.41) is 0.650. The minimum absolute atomic E-state index is 0.311. The minimum atomic E-state index is 0.311. The van der Waals surface area contributed by atoms with Crippen LogP contribution in [0.3, 0.4) is 0 Å². The van der Waals surface area contributed by atoms with Crippen LogP contribution in [0.5, 0.6) is 0 Å². The zero-order valence-electron chi connectivity index (χ0n) is 15.7. The Balaban J connectivity index is 1.20. The average Bonchev–Trinajstić information content (AvgIpc) is 3.00. The van der Waals surface area contributed by atoms with Crippen molar-refractivity contribution in [3.05, 3.63) is 23.2 Å². The highest BCUT2D eigenvalue weighted by molar-refractivity contribution is 6.31. The van der Waals surface area contributed by atoms with Crippen LogP contribution in [-0.4, -0.2) is 67.0 Å². The van der Waals surface area contributed by atoms with Crippen LogP contribution in [0, 0.1) is 11.3 Å². The topological polar surface area (TPSA) is 52.8 Å². The summed E-state index contributed by atoms with van der Waals surface area (Å²) < 4.78 is 5.91. The normalized spacial score (nSPS) is 24.9. The molecule has 2 aromatic rings. The zero-order chi connectivity index (χ0) is 18.6. The van der Waals surface area contributed by atoms with E-state index in [1.165, 1.54) is 0 Å². The van der Waals surface area contributed by atoms with Gasteiger partial charge in [-0.15, -0.1) is 0 Å². The van der Waals surface area contributed by atoms with E-state index >= 15 is 0 Å². The summed E-state index contributed by atoms with van der Waals surface area (Å²) in [6.45, 7) is 5.90. The van der Waals surface area contributed by atoms with Crippen molar-refractivity contribution in [2.24, 2.45) is 11.3 Å². The van der Waals surface area contributed by atoms with Crippen molar-refractivity contribution >= 4 is 34.6 Å². The van der Waals surface area contributed by atoms with Crippen LogP contribution >= 0.6 is 11.6 Å². The van der Waals surface area contributed by atoms with Crippen molar-refractivity contribution in [1.82, 2.24) is 14.8 Å². The number of fused-ring (bicyclic) bond motifs is 1. The van der Waals surface area contributed by atoms with E-state index in [1.54, 1.807) is 6.07 Å². The highest BCUT2D eigenvalue weighted by atomic mass is 35.5. The smallest absolute Gasteiger partial charge is 0.298 e. The van der Waals surface area contributed by atoms with Gasteiger partial charge in [-0.2, -0.15) is 4.98 Å². The third kappa shape index (κ3) is 3.19. The Kier molecular flexibility index (Phi) is 4.09. The molecule has 0 N–H and O–H groups in total. The molecule has 1 aromatic heterocycles. The second-order valence-corrected chi connectivity index (χ2v) is 9.13. The Morgan fingerprint density at radius 1 is 1.33 bits per heavy atom. The molecule has 0 aliphatic carbocycles. The Bertz CT molecular complexity index is 868. The average molecular weight is 389 g/mol. The zero-order valence-corrected chi connectivity index (χ0v) is 16.4. The van der Waals surface area contributed by atoms with Gasteiger partial charge in [0.05, 0.1) is 0 Å². The van der Waals surface area contributed by atoms with Gasteiger partial charge in [-0.3, -0.25) is 4.79 Å². The summed E-state index contributed by atoms with van der Waals surface area (Å²) in [6, 6.07) is 6.15. The molecular formula is C20H25ClN4O2. The monoisotopic (exact) mass is 388 g/mol. The summed E-state index contributed by atoms with van der Waals surface area (Å²) >= 11 is 6.04. The van der Waals surface area contributed by atoms with Crippen LogP contribution in [0.15, 0.2) is 22.6 Å². The fraction of sp³-hybridized carbons (Fsp3) is 0.600. The van der Waals surface area contributed by atoms with E-state index in [9.17, 15) is 4.79 Å². The number of benzene rings is 1. The lowest BCUT2D eigenvalue weighted by molar-refractivity contribution is -0.157. The van der Waals surface area contributed by atoms with Crippen LogP contribution in [0.25, 0.3) is 11.1 Å². The molecule has 6 nitrogen and oxygen atoms in total. The van der Waals surface area contributed by atoms with Gasteiger partial charge in [0.25, 0.3) is 6.01 Å². The predicted octanol–water partition coefficient (Wildman–Crippen LogP) is 2.86. The Labute approximate surface area is 164 Å². The van der Waals surface area contributed by atoms with Gasteiger partial charge in [-0.05, 0) is 37.9 Å². The Morgan fingerprint density at radius 2 is 2.15 bits per heavy atom. The summed E-state index contributed by atoms with van der Waals surface area (Å²) in [5.74, 6) is 0.678. The molecular weight excluding hydrogens is 364 g/mol. The number of likely N-dealkylation sites (tertiary alicyclic amines) is 2. The van der Waals surface area contributed by atoms with Gasteiger partial charge in [-0.25, -0.2) is 0 Å². The van der Waals surface area contributed by atoms with Crippen molar-refractivity contribution in [2.45, 2.75) is 19.3 Å². The van der Waals surface area contributed by atoms with Crippen molar-refractivity contribution in [2.75, 3.05) is 51.2 Å². The first kappa shape index (κ1) is 17.3. The maximum Gasteiger partial charge on any atom is 0.298 e. The summed E-state index contributed by atoms with van der Waals surface area (Å²) in [4.78, 5) is 23.8. The van der Waals surface area contributed by atoms with Gasteiger partial charge < -0.3 is 19.1 Å². The van der Waals surface area contributed by atoms with Gasteiger partial charge in [0.1, 0.15) is 5.52 Å². The molecule has 1 amide bonds. The summed E-state index contributed by atoms with van der Waals surface area (Å²) in [6.07, 6.45) is 2.79. The molecule has 27 heavy (non-hydrogen) atoms. The van der Waals surface area contributed by atoms with Crippen LogP contribution in [0.4, 0.5) is 6.01 Å². The molecule has 1 unspecified atom stereocenters. The van der Waals surface area contributed by atoms with Crippen molar-refractivity contribution in [3.8, 4) is 0 Å². The number of hydrogen-bond donors (Lipinski definition) is 0. The van der Waals surface area contributed by atoms with E-state index in [4.69, 9.17) is 16.0 Å². The van der Waals surface area contributed by atoms with E-state index in [1.807, 2.05) is 17.0 Å². The number of amides is 1. The lowest BCUT2D eigenvalue weighted by Crippen LogP contribution is -2.72. The number of carbonyl (C=O) groups excluding carboxylic acids is 1. The first-order chi connectivity index (χ1) is 13.0. The van der Waals surface area contributed by atoms with Crippen LogP contribution in [0.1, 0.15) is 19.3 Å². The van der Waals surface area contributed by atoms with Gasteiger partial charge in [0.15, 0.2) is 5.58 Å². The molecule has 7 heteroatoms. The van der Waals surface area contributed by atoms with E-state index in [0.717, 1.165) is 57.6 Å². The lowest BCUT2D eigenvalue weighted by Gasteiger charge is -2.59. The van der Waals surface area contributed by atoms with Crippen molar-refractivity contribution in [1.29, 1.82) is 0 Å². The van der Waals surface area contributed by atoms with E-state index in [-0.39, 0.29) is 0 Å². The SMILES string of the molecule is CN1CC2(C1)CN(C(=O)CC1CCCN(c3nc4ccc(Cl)cc4o3)C1)C2. The van der Waals surface area contributed by atoms with E-state index in [2.05, 4.69) is 21.8 Å². The summed E-state index contributed by atoms with van der Waals surface area (Å²) in [5.41, 5.74) is 1.94. The minimum Gasteiger partial charge on any atom is -0.423 e. The van der Waals surface area contributed by atoms with E-state index < -0.39 is 0 Å². The van der Waals surface area contributed by atoms with Crippen LogP contribution < -0.4 is 4.90 Å². The number of oxazole rings is 1. The number of carbonyl (C=O) groups is 1. The predicted molar refractivity (Wildman–Crippen MR) is 105 cm³/mol. The van der Waals surface area contributed by atoms with Gasteiger partial charge in [0, 0.05) is 62.2 Å². The molecule has 1 spiro atoms. The number of rotatable bonds is 3. The van der Waals surface area contributed by atoms with Crippen molar-refractivity contribution in [3.63, 3.8) is 0 Å². The fourth-order valence-electron chi connectivity index (χ4n) is 5.04. The molecule has 5 rings (SSSR count). The maximum absolute atomic E-state index is 12.7. The number of piperidine rings is 1. The third-order valence-corrected chi connectivity index (χ3v) is 6.44. The molecule has 1 atom stereocenters. The molecule has 0 radical (unpaired) electrons. The number of anilines is 1. The molecule has 144 valence electrons. The number of nitrogens with zero attached hydrogens (tertiary/aromatic N) is 4. The molecule has 3 aliphatic rings. The first-order valence-corrected chi connectivity index (χ1v) is 10.1. The van der Waals surface area contributed by atoms with Crippen LogP contribution in [0.2, 0.25) is 5.02 Å².